The SMILES string of the molecule is CCc1cc(=O)[nH]c(N/N=C\c2ccc(OC(C)C)cc2)n1. The molecule has 0 spiro atoms. The van der Waals surface area contributed by atoms with Crippen LogP contribution in [-0.4, -0.2) is 22.3 Å². The summed E-state index contributed by atoms with van der Waals surface area (Å²) < 4.78 is 5.57. The van der Waals surface area contributed by atoms with Gasteiger partial charge in [0.05, 0.1) is 12.3 Å². The quantitative estimate of drug-likeness (QED) is 0.635. The number of nitrogens with zero attached hydrogens (tertiary/aromatic N) is 2. The Morgan fingerprint density at radius 1 is 1.36 bits per heavy atom. The van der Waals surface area contributed by atoms with Crippen LogP contribution in [0.15, 0.2) is 40.2 Å². The second-order valence-electron chi connectivity index (χ2n) is 5.04. The van der Waals surface area contributed by atoms with Gasteiger partial charge in [-0.2, -0.15) is 5.10 Å². The summed E-state index contributed by atoms with van der Waals surface area (Å²) in [5, 5.41) is 4.07. The van der Waals surface area contributed by atoms with Gasteiger partial charge in [-0.3, -0.25) is 9.78 Å². The zero-order valence-electron chi connectivity index (χ0n) is 13.0. The molecule has 0 saturated carbocycles. The van der Waals surface area contributed by atoms with Crippen LogP contribution < -0.4 is 15.7 Å². The molecule has 1 heterocycles. The summed E-state index contributed by atoms with van der Waals surface area (Å²) in [4.78, 5) is 18.2. The van der Waals surface area contributed by atoms with Crippen LogP contribution in [0, 0.1) is 0 Å². The summed E-state index contributed by atoms with van der Waals surface area (Å²) >= 11 is 0. The molecule has 6 nitrogen and oxygen atoms in total. The van der Waals surface area contributed by atoms with Crippen molar-refractivity contribution in [3.63, 3.8) is 0 Å². The fourth-order valence-corrected chi connectivity index (χ4v) is 1.81. The zero-order valence-corrected chi connectivity index (χ0v) is 13.0. The van der Waals surface area contributed by atoms with Gasteiger partial charge >= 0.3 is 0 Å². The maximum atomic E-state index is 11.4. The van der Waals surface area contributed by atoms with Crippen LogP contribution in [0.25, 0.3) is 0 Å². The van der Waals surface area contributed by atoms with Gasteiger partial charge in [0, 0.05) is 11.8 Å². The number of hydrazone groups is 1. The maximum absolute atomic E-state index is 11.4. The molecular weight excluding hydrogens is 280 g/mol. The number of rotatable bonds is 6. The Hall–Kier alpha value is -2.63. The summed E-state index contributed by atoms with van der Waals surface area (Å²) in [6.45, 7) is 5.91. The number of aryl methyl sites for hydroxylation is 1. The Morgan fingerprint density at radius 2 is 2.09 bits per heavy atom. The highest BCUT2D eigenvalue weighted by molar-refractivity contribution is 5.80. The second-order valence-corrected chi connectivity index (χ2v) is 5.04. The Bertz CT molecular complexity index is 690. The van der Waals surface area contributed by atoms with Crippen molar-refractivity contribution in [3.05, 3.63) is 51.9 Å². The average Bonchev–Trinajstić information content (AvgIpc) is 2.48. The third-order valence-corrected chi connectivity index (χ3v) is 2.79. The van der Waals surface area contributed by atoms with E-state index in [4.69, 9.17) is 4.74 Å². The van der Waals surface area contributed by atoms with Crippen LogP contribution in [0.4, 0.5) is 5.95 Å². The fraction of sp³-hybridized carbons (Fsp3) is 0.312. The predicted octanol–water partition coefficient (Wildman–Crippen LogP) is 2.57. The zero-order chi connectivity index (χ0) is 15.9. The maximum Gasteiger partial charge on any atom is 0.252 e. The molecule has 1 aromatic carbocycles. The molecule has 116 valence electrons. The van der Waals surface area contributed by atoms with Crippen LogP contribution in [-0.2, 0) is 6.42 Å². The number of H-pyrrole nitrogens is 1. The molecule has 0 aliphatic heterocycles. The summed E-state index contributed by atoms with van der Waals surface area (Å²) in [6.07, 6.45) is 2.49. The number of ether oxygens (including phenoxy) is 1. The van der Waals surface area contributed by atoms with Gasteiger partial charge in [0.25, 0.3) is 5.56 Å². The van der Waals surface area contributed by atoms with Crippen molar-refractivity contribution in [2.24, 2.45) is 5.10 Å². The minimum Gasteiger partial charge on any atom is -0.491 e. The first-order valence-corrected chi connectivity index (χ1v) is 7.23. The summed E-state index contributed by atoms with van der Waals surface area (Å²) in [6, 6.07) is 9.06. The Labute approximate surface area is 129 Å². The van der Waals surface area contributed by atoms with E-state index < -0.39 is 0 Å². The van der Waals surface area contributed by atoms with Crippen molar-refractivity contribution in [1.82, 2.24) is 9.97 Å². The van der Waals surface area contributed by atoms with E-state index in [1.165, 1.54) is 6.07 Å². The molecule has 0 radical (unpaired) electrons. The number of nitrogens with one attached hydrogen (secondary N) is 2. The lowest BCUT2D eigenvalue weighted by molar-refractivity contribution is 0.242. The highest BCUT2D eigenvalue weighted by atomic mass is 16.5. The number of hydrogen-bond donors (Lipinski definition) is 2. The Morgan fingerprint density at radius 3 is 2.73 bits per heavy atom. The molecule has 1 aromatic heterocycles. The van der Waals surface area contributed by atoms with Crippen molar-refractivity contribution >= 4 is 12.2 Å². The molecule has 0 saturated heterocycles. The van der Waals surface area contributed by atoms with Crippen molar-refractivity contribution in [2.45, 2.75) is 33.3 Å². The van der Waals surface area contributed by atoms with E-state index in [1.54, 1.807) is 6.21 Å². The van der Waals surface area contributed by atoms with Gasteiger partial charge in [-0.15, -0.1) is 0 Å². The lowest BCUT2D eigenvalue weighted by Crippen LogP contribution is -2.11. The van der Waals surface area contributed by atoms with E-state index in [0.717, 1.165) is 17.0 Å². The summed E-state index contributed by atoms with van der Waals surface area (Å²) in [5.41, 5.74) is 4.17. The van der Waals surface area contributed by atoms with Crippen molar-refractivity contribution < 1.29 is 4.74 Å². The van der Waals surface area contributed by atoms with Gasteiger partial charge in [0.15, 0.2) is 0 Å². The van der Waals surface area contributed by atoms with Gasteiger partial charge < -0.3 is 4.74 Å². The molecule has 0 aliphatic rings. The third-order valence-electron chi connectivity index (χ3n) is 2.79. The first-order valence-electron chi connectivity index (χ1n) is 7.23. The summed E-state index contributed by atoms with van der Waals surface area (Å²) in [5.74, 6) is 1.15. The van der Waals surface area contributed by atoms with E-state index in [2.05, 4.69) is 20.5 Å². The minimum absolute atomic E-state index is 0.148. The van der Waals surface area contributed by atoms with Crippen molar-refractivity contribution in [3.8, 4) is 5.75 Å². The first-order chi connectivity index (χ1) is 10.6. The highest BCUT2D eigenvalue weighted by Crippen LogP contribution is 2.12. The molecule has 0 amide bonds. The molecule has 2 N–H and O–H groups in total. The van der Waals surface area contributed by atoms with Crippen LogP contribution >= 0.6 is 0 Å². The number of anilines is 1. The minimum atomic E-state index is -0.195. The van der Waals surface area contributed by atoms with Crippen LogP contribution in [0.5, 0.6) is 5.75 Å². The molecule has 0 fully saturated rings. The highest BCUT2D eigenvalue weighted by Gasteiger charge is 1.99. The largest absolute Gasteiger partial charge is 0.491 e. The molecule has 0 unspecified atom stereocenters. The van der Waals surface area contributed by atoms with Gasteiger partial charge in [-0.1, -0.05) is 6.92 Å². The molecule has 22 heavy (non-hydrogen) atoms. The number of benzene rings is 1. The monoisotopic (exact) mass is 300 g/mol. The van der Waals surface area contributed by atoms with Gasteiger partial charge in [0.1, 0.15) is 5.75 Å². The number of hydrogen-bond acceptors (Lipinski definition) is 5. The normalized spacial score (nSPS) is 11.1. The molecule has 0 bridgehead atoms. The Balaban J connectivity index is 2.00. The predicted molar refractivity (Wildman–Crippen MR) is 87.7 cm³/mol. The molecule has 2 aromatic rings. The summed E-state index contributed by atoms with van der Waals surface area (Å²) in [7, 11) is 0. The Kier molecular flexibility index (Phi) is 5.30. The van der Waals surface area contributed by atoms with Crippen LogP contribution in [0.3, 0.4) is 0 Å². The van der Waals surface area contributed by atoms with Crippen LogP contribution in [0.1, 0.15) is 32.0 Å². The van der Waals surface area contributed by atoms with Gasteiger partial charge in [0.2, 0.25) is 5.95 Å². The number of aromatic amines is 1. The van der Waals surface area contributed by atoms with E-state index >= 15 is 0 Å². The van der Waals surface area contributed by atoms with E-state index in [-0.39, 0.29) is 11.7 Å². The molecule has 0 aliphatic carbocycles. The standard InChI is InChI=1S/C16H20N4O2/c1-4-13-9-15(21)19-16(18-13)20-17-10-12-5-7-14(8-6-12)22-11(2)3/h5-11H,4H2,1-3H3,(H2,18,19,20,21)/b17-10-. The topological polar surface area (TPSA) is 79.4 Å². The van der Waals surface area contributed by atoms with Gasteiger partial charge in [-0.05, 0) is 50.1 Å². The van der Waals surface area contributed by atoms with Crippen molar-refractivity contribution in [2.75, 3.05) is 5.43 Å². The lowest BCUT2D eigenvalue weighted by Gasteiger charge is -2.09. The third kappa shape index (κ3) is 4.73. The average molecular weight is 300 g/mol. The lowest BCUT2D eigenvalue weighted by atomic mass is 10.2. The molecule has 2 rings (SSSR count). The van der Waals surface area contributed by atoms with E-state index in [1.807, 2.05) is 45.0 Å². The first kappa shape index (κ1) is 15.8. The molecule has 0 atom stereocenters. The van der Waals surface area contributed by atoms with E-state index in [0.29, 0.717) is 12.4 Å². The van der Waals surface area contributed by atoms with Crippen LogP contribution in [0.2, 0.25) is 0 Å². The van der Waals surface area contributed by atoms with Gasteiger partial charge in [-0.25, -0.2) is 10.4 Å². The smallest absolute Gasteiger partial charge is 0.252 e. The molecule has 6 heteroatoms. The second kappa shape index (κ2) is 7.40. The van der Waals surface area contributed by atoms with E-state index in [9.17, 15) is 4.79 Å². The number of aromatic nitrogens is 2. The van der Waals surface area contributed by atoms with Crippen molar-refractivity contribution in [1.29, 1.82) is 0 Å². The molecular formula is C16H20N4O2. The fourth-order valence-electron chi connectivity index (χ4n) is 1.81.